The van der Waals surface area contributed by atoms with Gasteiger partial charge in [-0.15, -0.1) is 0 Å². The van der Waals surface area contributed by atoms with Gasteiger partial charge in [0, 0.05) is 7.11 Å². The van der Waals surface area contributed by atoms with Crippen LogP contribution in [0.3, 0.4) is 0 Å². The fourth-order valence-corrected chi connectivity index (χ4v) is 3.20. The van der Waals surface area contributed by atoms with Gasteiger partial charge in [0.25, 0.3) is 0 Å². The van der Waals surface area contributed by atoms with Crippen LogP contribution in [0.15, 0.2) is 0 Å². The normalized spacial score (nSPS) is 31.7. The van der Waals surface area contributed by atoms with Crippen molar-refractivity contribution < 1.29 is 14.6 Å². The molecule has 1 rings (SSSR count). The van der Waals surface area contributed by atoms with Gasteiger partial charge in [-0.1, -0.05) is 34.6 Å². The SMILES string of the molecule is COC1CC(C)OC(CCC(C)C(O)C(C)C(C)(C)C)C1. The summed E-state index contributed by atoms with van der Waals surface area (Å²) < 4.78 is 11.5. The first-order valence-corrected chi connectivity index (χ1v) is 8.51. The van der Waals surface area contributed by atoms with E-state index in [4.69, 9.17) is 9.47 Å². The van der Waals surface area contributed by atoms with Gasteiger partial charge in [0.15, 0.2) is 0 Å². The van der Waals surface area contributed by atoms with Crippen LogP contribution in [0.2, 0.25) is 0 Å². The lowest BCUT2D eigenvalue weighted by Crippen LogP contribution is -2.37. The Morgan fingerprint density at radius 2 is 1.86 bits per heavy atom. The van der Waals surface area contributed by atoms with Crippen LogP contribution in [0.4, 0.5) is 0 Å². The van der Waals surface area contributed by atoms with Crippen molar-refractivity contribution in [1.29, 1.82) is 0 Å². The Labute approximate surface area is 131 Å². The molecule has 6 atom stereocenters. The Morgan fingerprint density at radius 3 is 2.38 bits per heavy atom. The largest absolute Gasteiger partial charge is 0.393 e. The van der Waals surface area contributed by atoms with Gasteiger partial charge in [0.1, 0.15) is 0 Å². The van der Waals surface area contributed by atoms with Gasteiger partial charge in [-0.2, -0.15) is 0 Å². The van der Waals surface area contributed by atoms with Crippen LogP contribution in [0.25, 0.3) is 0 Å². The minimum Gasteiger partial charge on any atom is -0.393 e. The van der Waals surface area contributed by atoms with Crippen molar-refractivity contribution in [2.75, 3.05) is 7.11 Å². The van der Waals surface area contributed by atoms with Gasteiger partial charge in [-0.05, 0) is 49.9 Å². The maximum Gasteiger partial charge on any atom is 0.0620 e. The van der Waals surface area contributed by atoms with Crippen molar-refractivity contribution in [3.05, 3.63) is 0 Å². The summed E-state index contributed by atoms with van der Waals surface area (Å²) in [5.41, 5.74) is 0.144. The van der Waals surface area contributed by atoms with Crippen LogP contribution in [0, 0.1) is 17.3 Å². The second-order valence-corrected chi connectivity index (χ2v) is 8.10. The smallest absolute Gasteiger partial charge is 0.0620 e. The molecular weight excluding hydrogens is 264 g/mol. The van der Waals surface area contributed by atoms with E-state index in [1.807, 2.05) is 0 Å². The lowest BCUT2D eigenvalue weighted by atomic mass is 9.74. The molecule has 0 aromatic rings. The van der Waals surface area contributed by atoms with Crippen molar-refractivity contribution in [2.45, 2.75) is 91.6 Å². The number of aliphatic hydroxyl groups excluding tert-OH is 1. The van der Waals surface area contributed by atoms with E-state index in [-0.39, 0.29) is 23.7 Å². The molecule has 0 amide bonds. The van der Waals surface area contributed by atoms with Crippen molar-refractivity contribution in [2.24, 2.45) is 17.3 Å². The topological polar surface area (TPSA) is 38.7 Å². The first-order valence-electron chi connectivity index (χ1n) is 8.51. The lowest BCUT2D eigenvalue weighted by molar-refractivity contribution is -0.104. The monoisotopic (exact) mass is 300 g/mol. The Morgan fingerprint density at radius 1 is 1.24 bits per heavy atom. The Bertz CT molecular complexity index is 297. The molecule has 0 radical (unpaired) electrons. The number of hydrogen-bond acceptors (Lipinski definition) is 3. The van der Waals surface area contributed by atoms with E-state index in [0.717, 1.165) is 25.7 Å². The van der Waals surface area contributed by atoms with Crippen molar-refractivity contribution in [3.8, 4) is 0 Å². The number of ether oxygens (including phenoxy) is 2. The number of hydrogen-bond donors (Lipinski definition) is 1. The van der Waals surface area contributed by atoms with Crippen LogP contribution < -0.4 is 0 Å². The molecule has 0 spiro atoms. The highest BCUT2D eigenvalue weighted by atomic mass is 16.5. The number of aliphatic hydroxyl groups is 1. The zero-order valence-electron chi connectivity index (χ0n) is 15.1. The van der Waals surface area contributed by atoms with Crippen LogP contribution in [0.1, 0.15) is 67.2 Å². The highest BCUT2D eigenvalue weighted by Crippen LogP contribution is 2.33. The Hall–Kier alpha value is -0.120. The summed E-state index contributed by atoms with van der Waals surface area (Å²) in [5.74, 6) is 0.603. The second kappa shape index (κ2) is 7.94. The summed E-state index contributed by atoms with van der Waals surface area (Å²) >= 11 is 0. The van der Waals surface area contributed by atoms with Gasteiger partial charge in [-0.25, -0.2) is 0 Å². The maximum absolute atomic E-state index is 10.5. The summed E-state index contributed by atoms with van der Waals surface area (Å²) in [6, 6.07) is 0. The highest BCUT2D eigenvalue weighted by molar-refractivity contribution is 4.82. The summed E-state index contributed by atoms with van der Waals surface area (Å²) in [4.78, 5) is 0. The molecule has 1 saturated heterocycles. The van der Waals surface area contributed by atoms with E-state index in [1.54, 1.807) is 7.11 Å². The Kier molecular flexibility index (Phi) is 7.15. The molecule has 6 unspecified atom stereocenters. The van der Waals surface area contributed by atoms with E-state index < -0.39 is 0 Å². The molecule has 3 heteroatoms. The molecule has 1 aliphatic rings. The molecule has 0 aromatic heterocycles. The third kappa shape index (κ3) is 5.88. The fraction of sp³-hybridized carbons (Fsp3) is 1.00. The van der Waals surface area contributed by atoms with Gasteiger partial charge < -0.3 is 14.6 Å². The Balaban J connectivity index is 2.43. The zero-order valence-corrected chi connectivity index (χ0v) is 15.1. The second-order valence-electron chi connectivity index (χ2n) is 8.10. The van der Waals surface area contributed by atoms with E-state index in [2.05, 4.69) is 41.5 Å². The minimum atomic E-state index is -0.246. The van der Waals surface area contributed by atoms with E-state index >= 15 is 0 Å². The number of methoxy groups -OCH3 is 1. The van der Waals surface area contributed by atoms with E-state index in [1.165, 1.54) is 0 Å². The predicted molar refractivity (Wildman–Crippen MR) is 87.4 cm³/mol. The van der Waals surface area contributed by atoms with E-state index in [9.17, 15) is 5.11 Å². The zero-order chi connectivity index (χ0) is 16.2. The summed E-state index contributed by atoms with van der Waals surface area (Å²) in [6.07, 6.45) is 4.64. The minimum absolute atomic E-state index is 0.144. The lowest BCUT2D eigenvalue weighted by Gasteiger charge is -2.36. The van der Waals surface area contributed by atoms with Gasteiger partial charge in [0.05, 0.1) is 24.4 Å². The summed E-state index contributed by atoms with van der Waals surface area (Å²) in [7, 11) is 1.79. The maximum atomic E-state index is 10.5. The van der Waals surface area contributed by atoms with Crippen molar-refractivity contribution >= 4 is 0 Å². The van der Waals surface area contributed by atoms with Crippen LogP contribution in [0.5, 0.6) is 0 Å². The van der Waals surface area contributed by atoms with Crippen molar-refractivity contribution in [3.63, 3.8) is 0 Å². The molecular formula is C18H36O3. The number of rotatable bonds is 6. The predicted octanol–water partition coefficient (Wildman–Crippen LogP) is 4.03. The standard InChI is InChI=1S/C18H36O3/c1-12(17(19)14(3)18(4,5)6)8-9-15-11-16(20-7)10-13(2)21-15/h12-17,19H,8-11H2,1-7H3. The highest BCUT2D eigenvalue weighted by Gasteiger charge is 2.32. The van der Waals surface area contributed by atoms with Crippen LogP contribution >= 0.6 is 0 Å². The quantitative estimate of drug-likeness (QED) is 0.805. The van der Waals surface area contributed by atoms with E-state index in [0.29, 0.717) is 17.9 Å². The van der Waals surface area contributed by atoms with Crippen LogP contribution in [-0.4, -0.2) is 36.6 Å². The molecule has 0 aromatic carbocycles. The molecule has 3 nitrogen and oxygen atoms in total. The molecule has 21 heavy (non-hydrogen) atoms. The molecule has 1 N–H and O–H groups in total. The third-order valence-corrected chi connectivity index (χ3v) is 5.28. The first kappa shape index (κ1) is 18.9. The molecule has 0 bridgehead atoms. The average molecular weight is 300 g/mol. The molecule has 1 aliphatic heterocycles. The van der Waals surface area contributed by atoms with Crippen molar-refractivity contribution in [1.82, 2.24) is 0 Å². The molecule has 0 saturated carbocycles. The summed E-state index contributed by atoms with van der Waals surface area (Å²) in [5, 5.41) is 10.5. The fourth-order valence-electron chi connectivity index (χ4n) is 3.20. The third-order valence-electron chi connectivity index (χ3n) is 5.28. The molecule has 0 aliphatic carbocycles. The van der Waals surface area contributed by atoms with Crippen LogP contribution in [-0.2, 0) is 9.47 Å². The van der Waals surface area contributed by atoms with Gasteiger partial charge in [-0.3, -0.25) is 0 Å². The molecule has 126 valence electrons. The first-order chi connectivity index (χ1) is 9.65. The van der Waals surface area contributed by atoms with Gasteiger partial charge in [0.2, 0.25) is 0 Å². The molecule has 1 heterocycles. The van der Waals surface area contributed by atoms with Gasteiger partial charge >= 0.3 is 0 Å². The molecule has 1 fully saturated rings. The summed E-state index contributed by atoms with van der Waals surface area (Å²) in [6.45, 7) is 13.0. The average Bonchev–Trinajstić information content (AvgIpc) is 2.41.